The zero-order valence-corrected chi connectivity index (χ0v) is 20.9. The van der Waals surface area contributed by atoms with Gasteiger partial charge in [-0.15, -0.1) is 0 Å². The molecule has 0 saturated heterocycles. The number of aliphatic hydroxyl groups is 2. The fraction of sp³-hybridized carbons (Fsp3) is 0.615. The van der Waals surface area contributed by atoms with Crippen molar-refractivity contribution in [1.29, 1.82) is 0 Å². The lowest BCUT2D eigenvalue weighted by Crippen LogP contribution is -2.36. The molecule has 7 nitrogen and oxygen atoms in total. The monoisotopic (exact) mass is 456 g/mol. The highest BCUT2D eigenvalue weighted by atomic mass is 16.3. The van der Waals surface area contributed by atoms with Gasteiger partial charge in [0.1, 0.15) is 11.3 Å². The fourth-order valence-corrected chi connectivity index (χ4v) is 4.69. The minimum Gasteiger partial charge on any atom is -0.390 e. The number of hydrogen-bond donors (Lipinski definition) is 4. The van der Waals surface area contributed by atoms with Gasteiger partial charge in [-0.05, 0) is 91.0 Å². The first kappa shape index (κ1) is 25.2. The average Bonchev–Trinajstić information content (AvgIpc) is 2.70. The summed E-state index contributed by atoms with van der Waals surface area (Å²) in [7, 11) is 0. The van der Waals surface area contributed by atoms with Crippen molar-refractivity contribution in [2.24, 2.45) is 0 Å². The van der Waals surface area contributed by atoms with E-state index in [1.807, 2.05) is 59.0 Å². The van der Waals surface area contributed by atoms with Crippen LogP contribution in [0.5, 0.6) is 0 Å². The normalized spacial score (nSPS) is 22.9. The molecule has 3 rings (SSSR count). The van der Waals surface area contributed by atoms with Crippen LogP contribution in [0.1, 0.15) is 84.5 Å². The van der Waals surface area contributed by atoms with Crippen LogP contribution >= 0.6 is 0 Å². The van der Waals surface area contributed by atoms with Crippen molar-refractivity contribution in [3.63, 3.8) is 0 Å². The Hall–Kier alpha value is -2.38. The summed E-state index contributed by atoms with van der Waals surface area (Å²) in [5, 5.41) is 28.5. The second-order valence-electron chi connectivity index (χ2n) is 10.7. The maximum Gasteiger partial charge on any atom is 0.274 e. The Kier molecular flexibility index (Phi) is 7.54. The molecule has 182 valence electrons. The van der Waals surface area contributed by atoms with Gasteiger partial charge in [0.05, 0.1) is 17.0 Å². The predicted molar refractivity (Wildman–Crippen MR) is 134 cm³/mol. The van der Waals surface area contributed by atoms with E-state index >= 15 is 0 Å². The van der Waals surface area contributed by atoms with Gasteiger partial charge < -0.3 is 25.4 Å². The Balaban J connectivity index is 1.98. The summed E-state index contributed by atoms with van der Waals surface area (Å²) < 4.78 is 1.80. The molecule has 1 saturated carbocycles. The molecule has 1 fully saturated rings. The third-order valence-electron chi connectivity index (χ3n) is 6.28. The molecule has 0 radical (unpaired) electrons. The van der Waals surface area contributed by atoms with Crippen molar-refractivity contribution >= 4 is 11.4 Å². The molecule has 33 heavy (non-hydrogen) atoms. The first-order valence-electron chi connectivity index (χ1n) is 12.1. The minimum absolute atomic E-state index is 0.0309. The van der Waals surface area contributed by atoms with E-state index in [9.17, 15) is 15.0 Å². The van der Waals surface area contributed by atoms with Gasteiger partial charge in [0, 0.05) is 36.9 Å². The van der Waals surface area contributed by atoms with Crippen molar-refractivity contribution < 1.29 is 10.2 Å². The second-order valence-corrected chi connectivity index (χ2v) is 10.7. The van der Waals surface area contributed by atoms with E-state index in [-0.39, 0.29) is 23.7 Å². The van der Waals surface area contributed by atoms with Gasteiger partial charge in [0.2, 0.25) is 0 Å². The molecule has 2 aromatic heterocycles. The molecule has 1 aliphatic carbocycles. The van der Waals surface area contributed by atoms with E-state index in [0.29, 0.717) is 30.6 Å². The highest BCUT2D eigenvalue weighted by Crippen LogP contribution is 2.35. The van der Waals surface area contributed by atoms with Crippen molar-refractivity contribution in [3.05, 3.63) is 52.2 Å². The summed E-state index contributed by atoms with van der Waals surface area (Å²) in [6.45, 7) is 11.7. The molecular formula is C26H40N4O3. The van der Waals surface area contributed by atoms with E-state index in [0.717, 1.165) is 24.1 Å². The first-order valence-corrected chi connectivity index (χ1v) is 12.1. The first-order chi connectivity index (χ1) is 15.4. The molecule has 0 amide bonds. The number of rotatable bonds is 8. The molecule has 0 spiro atoms. The second kappa shape index (κ2) is 9.85. The van der Waals surface area contributed by atoms with Crippen LogP contribution in [0.2, 0.25) is 0 Å². The van der Waals surface area contributed by atoms with Gasteiger partial charge in [-0.2, -0.15) is 0 Å². The molecule has 1 aliphatic rings. The predicted octanol–water partition coefficient (Wildman–Crippen LogP) is 4.20. The largest absolute Gasteiger partial charge is 0.390 e. The zero-order valence-electron chi connectivity index (χ0n) is 20.9. The number of hydrogen-bond acceptors (Lipinski definition) is 6. The van der Waals surface area contributed by atoms with Gasteiger partial charge in [-0.1, -0.05) is 0 Å². The van der Waals surface area contributed by atoms with Crippen molar-refractivity contribution in [3.8, 4) is 0 Å². The van der Waals surface area contributed by atoms with Crippen molar-refractivity contribution in [2.75, 3.05) is 10.6 Å². The molecular weight excluding hydrogens is 416 g/mol. The SMILES string of the molecule is CC(C)Nc1cccnc1C(C)(O)Cc1cc(NC(C)C)c(=O)n(C2CCC(C)(O)CC2)c1. The number of nitrogens with one attached hydrogen (secondary N) is 2. The van der Waals surface area contributed by atoms with Crippen molar-refractivity contribution in [2.45, 2.75) is 103 Å². The maximum atomic E-state index is 13.3. The molecule has 1 unspecified atom stereocenters. The maximum absolute atomic E-state index is 13.3. The topological polar surface area (TPSA) is 99.4 Å². The van der Waals surface area contributed by atoms with Gasteiger partial charge >= 0.3 is 0 Å². The minimum atomic E-state index is -1.23. The average molecular weight is 457 g/mol. The van der Waals surface area contributed by atoms with Gasteiger partial charge in [0.15, 0.2) is 0 Å². The van der Waals surface area contributed by atoms with Crippen LogP contribution in [0.25, 0.3) is 0 Å². The summed E-state index contributed by atoms with van der Waals surface area (Å²) >= 11 is 0. The summed E-state index contributed by atoms with van der Waals surface area (Å²) in [6.07, 6.45) is 6.71. The number of pyridine rings is 2. The summed E-state index contributed by atoms with van der Waals surface area (Å²) in [4.78, 5) is 17.8. The van der Waals surface area contributed by atoms with Crippen LogP contribution in [-0.4, -0.2) is 37.4 Å². The number of anilines is 2. The van der Waals surface area contributed by atoms with Crippen LogP contribution in [-0.2, 0) is 12.0 Å². The molecule has 0 bridgehead atoms. The Morgan fingerprint density at radius 2 is 1.79 bits per heavy atom. The third-order valence-corrected chi connectivity index (χ3v) is 6.28. The molecule has 4 N–H and O–H groups in total. The van der Waals surface area contributed by atoms with Crippen LogP contribution in [0, 0.1) is 0 Å². The van der Waals surface area contributed by atoms with E-state index in [1.54, 1.807) is 17.7 Å². The molecule has 0 aromatic carbocycles. The Morgan fingerprint density at radius 3 is 2.39 bits per heavy atom. The lowest BCUT2D eigenvalue weighted by Gasteiger charge is -2.34. The molecule has 0 aliphatic heterocycles. The Bertz CT molecular complexity index is 1000. The Morgan fingerprint density at radius 1 is 1.18 bits per heavy atom. The molecule has 1 atom stereocenters. The lowest BCUT2D eigenvalue weighted by atomic mass is 9.83. The van der Waals surface area contributed by atoms with E-state index in [2.05, 4.69) is 15.6 Å². The molecule has 2 heterocycles. The summed E-state index contributed by atoms with van der Waals surface area (Å²) in [6, 6.07) is 5.97. The highest BCUT2D eigenvalue weighted by Gasteiger charge is 2.32. The van der Waals surface area contributed by atoms with Crippen LogP contribution in [0.15, 0.2) is 35.4 Å². The van der Waals surface area contributed by atoms with Crippen LogP contribution in [0.3, 0.4) is 0 Å². The lowest BCUT2D eigenvalue weighted by molar-refractivity contribution is 0.00949. The highest BCUT2D eigenvalue weighted by molar-refractivity contribution is 5.51. The quantitative estimate of drug-likeness (QED) is 0.475. The Labute approximate surface area is 197 Å². The van der Waals surface area contributed by atoms with E-state index in [4.69, 9.17) is 0 Å². The van der Waals surface area contributed by atoms with Gasteiger partial charge in [0.25, 0.3) is 5.56 Å². The van der Waals surface area contributed by atoms with Gasteiger partial charge in [-0.3, -0.25) is 9.78 Å². The van der Waals surface area contributed by atoms with E-state index < -0.39 is 11.2 Å². The molecule has 2 aromatic rings. The van der Waals surface area contributed by atoms with Crippen LogP contribution in [0.4, 0.5) is 11.4 Å². The standard InChI is InChI=1S/C26H40N4O3/c1-17(2)28-21-8-7-13-27-23(21)26(6,33)15-19-14-22(29-18(3)4)24(31)30(16-19)20-9-11-25(5,32)12-10-20/h7-8,13-14,16-18,20,28-29,32-33H,9-12,15H2,1-6H3. The molecule has 7 heteroatoms. The van der Waals surface area contributed by atoms with E-state index in [1.165, 1.54) is 0 Å². The fourth-order valence-electron chi connectivity index (χ4n) is 4.69. The van der Waals surface area contributed by atoms with Gasteiger partial charge in [-0.25, -0.2) is 0 Å². The third kappa shape index (κ3) is 6.36. The summed E-state index contributed by atoms with van der Waals surface area (Å²) in [5.74, 6) is 0. The number of nitrogens with zero attached hydrogens (tertiary/aromatic N) is 2. The summed E-state index contributed by atoms with van der Waals surface area (Å²) in [5.41, 5.74) is 0.840. The van der Waals surface area contributed by atoms with Crippen LogP contribution < -0.4 is 16.2 Å². The zero-order chi connectivity index (χ0) is 24.4. The van der Waals surface area contributed by atoms with Crippen molar-refractivity contribution in [1.82, 2.24) is 9.55 Å². The number of aromatic nitrogens is 2. The smallest absolute Gasteiger partial charge is 0.274 e.